The summed E-state index contributed by atoms with van der Waals surface area (Å²) in [4.78, 5) is 31.4. The first-order valence-electron chi connectivity index (χ1n) is 8.25. The van der Waals surface area contributed by atoms with Crippen molar-refractivity contribution in [3.05, 3.63) is 47.8 Å². The fraction of sp³-hybridized carbons (Fsp3) is 0.353. The van der Waals surface area contributed by atoms with E-state index in [-0.39, 0.29) is 11.7 Å². The van der Waals surface area contributed by atoms with Gasteiger partial charge in [0.2, 0.25) is 0 Å². The topological polar surface area (TPSA) is 117 Å². The largest absolute Gasteiger partial charge is 0.459 e. The molecule has 0 spiro atoms. The van der Waals surface area contributed by atoms with Crippen LogP contribution in [0.3, 0.4) is 0 Å². The molecule has 0 radical (unpaired) electrons. The van der Waals surface area contributed by atoms with Crippen LogP contribution in [0, 0.1) is 0 Å². The minimum Gasteiger partial charge on any atom is -0.459 e. The highest BCUT2D eigenvalue weighted by molar-refractivity contribution is 5.91. The Hall–Kier alpha value is -3.23. The molecule has 1 aliphatic rings. The first kappa shape index (κ1) is 17.6. The van der Waals surface area contributed by atoms with Crippen molar-refractivity contribution in [3.63, 3.8) is 0 Å². The van der Waals surface area contributed by atoms with Crippen molar-refractivity contribution < 1.29 is 18.4 Å². The average molecular weight is 359 g/mol. The lowest BCUT2D eigenvalue weighted by Crippen LogP contribution is -2.53. The fourth-order valence-electron chi connectivity index (χ4n) is 2.78. The van der Waals surface area contributed by atoms with Crippen LogP contribution < -0.4 is 11.1 Å². The van der Waals surface area contributed by atoms with Crippen LogP contribution >= 0.6 is 0 Å². The Labute approximate surface area is 150 Å². The van der Waals surface area contributed by atoms with Crippen molar-refractivity contribution in [1.82, 2.24) is 15.1 Å². The number of carbonyl (C=O) groups excluding carboxylic acids is 2. The quantitative estimate of drug-likeness (QED) is 0.606. The van der Waals surface area contributed by atoms with Gasteiger partial charge in [-0.25, -0.2) is 0 Å². The van der Waals surface area contributed by atoms with E-state index in [4.69, 9.17) is 14.6 Å². The summed E-state index contributed by atoms with van der Waals surface area (Å²) < 4.78 is 10.5. The van der Waals surface area contributed by atoms with Gasteiger partial charge < -0.3 is 29.7 Å². The minimum atomic E-state index is -0.599. The van der Waals surface area contributed by atoms with Crippen LogP contribution in [0.4, 0.5) is 0 Å². The molecule has 2 aromatic heterocycles. The molecule has 1 fully saturated rings. The normalized spacial score (nSPS) is 15.2. The number of carbonyl (C=O) groups is 2. The second kappa shape index (κ2) is 7.77. The Morgan fingerprint density at radius 1 is 1.15 bits per heavy atom. The van der Waals surface area contributed by atoms with E-state index in [2.05, 4.69) is 15.2 Å². The number of nitrogens with zero attached hydrogens (tertiary/aromatic N) is 3. The zero-order valence-corrected chi connectivity index (χ0v) is 14.5. The lowest BCUT2D eigenvalue weighted by atomic mass is 10.3. The second-order valence-electron chi connectivity index (χ2n) is 5.79. The third-order valence-electron chi connectivity index (χ3n) is 4.14. The highest BCUT2D eigenvalue weighted by Crippen LogP contribution is 2.10. The summed E-state index contributed by atoms with van der Waals surface area (Å²) >= 11 is 0. The summed E-state index contributed by atoms with van der Waals surface area (Å²) in [5.74, 6) is 1.06. The van der Waals surface area contributed by atoms with Crippen LogP contribution in [-0.2, 0) is 6.54 Å². The molecular formula is C17H21N5O4. The van der Waals surface area contributed by atoms with Gasteiger partial charge in [0.1, 0.15) is 5.76 Å². The molecule has 0 atom stereocenters. The summed E-state index contributed by atoms with van der Waals surface area (Å²) in [5, 5.41) is 3.19. The van der Waals surface area contributed by atoms with Crippen molar-refractivity contribution >= 4 is 17.8 Å². The van der Waals surface area contributed by atoms with Gasteiger partial charge >= 0.3 is 0 Å². The Kier molecular flexibility index (Phi) is 5.26. The van der Waals surface area contributed by atoms with Crippen LogP contribution in [0.5, 0.6) is 0 Å². The number of hydrogen-bond acceptors (Lipinski definition) is 5. The molecule has 26 heavy (non-hydrogen) atoms. The molecule has 3 N–H and O–H groups in total. The predicted octanol–water partition coefficient (Wildman–Crippen LogP) is 0.505. The molecule has 0 bridgehead atoms. The van der Waals surface area contributed by atoms with Crippen LogP contribution in [0.25, 0.3) is 0 Å². The van der Waals surface area contributed by atoms with Gasteiger partial charge in [-0.1, -0.05) is 0 Å². The lowest BCUT2D eigenvalue weighted by molar-refractivity contribution is 0.0657. The molecule has 0 saturated carbocycles. The number of primary amides is 1. The van der Waals surface area contributed by atoms with Crippen molar-refractivity contribution in [2.24, 2.45) is 10.7 Å². The molecule has 0 aliphatic carbocycles. The van der Waals surface area contributed by atoms with E-state index < -0.39 is 5.91 Å². The highest BCUT2D eigenvalue weighted by Gasteiger charge is 2.25. The number of hydrogen-bond donors (Lipinski definition) is 2. The number of nitrogens with one attached hydrogen (secondary N) is 1. The summed E-state index contributed by atoms with van der Waals surface area (Å²) in [6.45, 7) is 2.83. The first-order valence-corrected chi connectivity index (χ1v) is 8.25. The third kappa shape index (κ3) is 3.88. The maximum absolute atomic E-state index is 12.3. The minimum absolute atomic E-state index is 0.104. The Morgan fingerprint density at radius 3 is 2.46 bits per heavy atom. The SMILES string of the molecule is CN=C(NCc1ccc(C(N)=O)o1)N1CCN(C(=O)c2ccco2)CC1. The van der Waals surface area contributed by atoms with E-state index in [9.17, 15) is 9.59 Å². The molecule has 0 unspecified atom stereocenters. The predicted molar refractivity (Wildman–Crippen MR) is 93.6 cm³/mol. The van der Waals surface area contributed by atoms with Crippen LogP contribution in [0.2, 0.25) is 0 Å². The van der Waals surface area contributed by atoms with Gasteiger partial charge in [-0.05, 0) is 24.3 Å². The molecule has 1 aliphatic heterocycles. The molecule has 3 rings (SSSR count). The highest BCUT2D eigenvalue weighted by atomic mass is 16.4. The summed E-state index contributed by atoms with van der Waals surface area (Å²) in [5.41, 5.74) is 5.17. The van der Waals surface area contributed by atoms with E-state index in [1.165, 1.54) is 6.26 Å². The monoisotopic (exact) mass is 359 g/mol. The molecule has 1 saturated heterocycles. The summed E-state index contributed by atoms with van der Waals surface area (Å²) in [6, 6.07) is 6.61. The number of guanidine groups is 1. The Morgan fingerprint density at radius 2 is 1.88 bits per heavy atom. The van der Waals surface area contributed by atoms with E-state index in [1.54, 1.807) is 36.2 Å². The van der Waals surface area contributed by atoms with Gasteiger partial charge in [-0.15, -0.1) is 0 Å². The average Bonchev–Trinajstić information content (AvgIpc) is 3.34. The van der Waals surface area contributed by atoms with Gasteiger partial charge in [-0.2, -0.15) is 0 Å². The molecule has 2 aromatic rings. The molecule has 9 heteroatoms. The van der Waals surface area contributed by atoms with Gasteiger partial charge in [0.05, 0.1) is 12.8 Å². The Balaban J connectivity index is 1.52. The number of nitrogens with two attached hydrogens (primary N) is 1. The molecule has 0 aromatic carbocycles. The number of piperazine rings is 1. The van der Waals surface area contributed by atoms with E-state index in [1.807, 2.05) is 0 Å². The first-order chi connectivity index (χ1) is 12.6. The summed E-state index contributed by atoms with van der Waals surface area (Å²) in [7, 11) is 1.69. The van der Waals surface area contributed by atoms with Crippen molar-refractivity contribution in [1.29, 1.82) is 0 Å². The number of rotatable bonds is 4. The molecule has 9 nitrogen and oxygen atoms in total. The smallest absolute Gasteiger partial charge is 0.289 e. The van der Waals surface area contributed by atoms with Crippen molar-refractivity contribution in [2.75, 3.05) is 33.2 Å². The van der Waals surface area contributed by atoms with E-state index >= 15 is 0 Å². The summed E-state index contributed by atoms with van der Waals surface area (Å²) in [6.07, 6.45) is 1.49. The zero-order chi connectivity index (χ0) is 18.5. The van der Waals surface area contributed by atoms with Crippen LogP contribution in [0.1, 0.15) is 26.9 Å². The lowest BCUT2D eigenvalue weighted by Gasteiger charge is -2.36. The van der Waals surface area contributed by atoms with Crippen molar-refractivity contribution in [3.8, 4) is 0 Å². The molecule has 3 heterocycles. The van der Waals surface area contributed by atoms with E-state index in [0.717, 1.165) is 0 Å². The van der Waals surface area contributed by atoms with Gasteiger partial charge in [0.25, 0.3) is 11.8 Å². The van der Waals surface area contributed by atoms with Gasteiger partial charge in [-0.3, -0.25) is 14.6 Å². The maximum atomic E-state index is 12.3. The van der Waals surface area contributed by atoms with Gasteiger partial charge in [0.15, 0.2) is 17.5 Å². The number of aliphatic imine (C=N–C) groups is 1. The van der Waals surface area contributed by atoms with Crippen LogP contribution in [-0.4, -0.2) is 60.8 Å². The zero-order valence-electron chi connectivity index (χ0n) is 14.5. The van der Waals surface area contributed by atoms with Crippen LogP contribution in [0.15, 0.2) is 44.4 Å². The third-order valence-corrected chi connectivity index (χ3v) is 4.14. The number of amides is 2. The fourth-order valence-corrected chi connectivity index (χ4v) is 2.78. The molecule has 2 amide bonds. The Bertz CT molecular complexity index is 788. The van der Waals surface area contributed by atoms with Crippen molar-refractivity contribution in [2.45, 2.75) is 6.54 Å². The maximum Gasteiger partial charge on any atom is 0.289 e. The number of furan rings is 2. The molecule has 138 valence electrons. The van der Waals surface area contributed by atoms with E-state index in [0.29, 0.717) is 50.2 Å². The standard InChI is InChI=1S/C17H21N5O4/c1-19-17(20-11-12-4-5-13(26-12)15(18)23)22-8-6-21(7-9-22)16(24)14-3-2-10-25-14/h2-5,10H,6-9,11H2,1H3,(H2,18,23)(H,19,20). The second-order valence-corrected chi connectivity index (χ2v) is 5.79. The van der Waals surface area contributed by atoms with Gasteiger partial charge in [0, 0.05) is 33.2 Å². The molecular weight excluding hydrogens is 338 g/mol.